The highest BCUT2D eigenvalue weighted by Crippen LogP contribution is 2.27. The molecule has 0 saturated carbocycles. The van der Waals surface area contributed by atoms with Crippen LogP contribution in [0.2, 0.25) is 0 Å². The van der Waals surface area contributed by atoms with Gasteiger partial charge in [0, 0.05) is 19.3 Å². The molecule has 0 aliphatic carbocycles. The van der Waals surface area contributed by atoms with Gasteiger partial charge in [0.1, 0.15) is 16.8 Å². The first-order valence-electron chi connectivity index (χ1n) is 7.31. The fraction of sp³-hybridized carbons (Fsp3) is 0.500. The fourth-order valence-corrected chi connectivity index (χ4v) is 3.17. The number of amides is 1. The van der Waals surface area contributed by atoms with Crippen molar-refractivity contribution in [2.45, 2.75) is 31.7 Å². The topological polar surface area (TPSA) is 71.2 Å². The molecule has 0 spiro atoms. The van der Waals surface area contributed by atoms with Crippen molar-refractivity contribution in [2.24, 2.45) is 0 Å². The molecule has 0 unspecified atom stereocenters. The van der Waals surface area contributed by atoms with Gasteiger partial charge in [-0.3, -0.25) is 14.5 Å². The summed E-state index contributed by atoms with van der Waals surface area (Å²) in [6, 6.07) is 1.33. The van der Waals surface area contributed by atoms with E-state index in [1.54, 1.807) is 4.90 Å². The highest BCUT2D eigenvalue weighted by molar-refractivity contribution is 9.10. The maximum atomic E-state index is 12.7. The second-order valence-electron chi connectivity index (χ2n) is 5.67. The van der Waals surface area contributed by atoms with Crippen LogP contribution >= 0.6 is 15.9 Å². The number of aliphatic hydroxyl groups is 1. The largest absolute Gasteiger partial charge is 0.408 e. The predicted octanol–water partition coefficient (Wildman–Crippen LogP) is 2.35. The lowest BCUT2D eigenvalue weighted by Crippen LogP contribution is -2.40. The number of piperidine rings is 1. The minimum atomic E-state index is -4.42. The zero-order chi connectivity index (χ0) is 17.5. The van der Waals surface area contributed by atoms with Crippen molar-refractivity contribution < 1.29 is 23.1 Å². The van der Waals surface area contributed by atoms with Crippen LogP contribution in [-0.2, 0) is 6.54 Å². The Morgan fingerprint density at radius 2 is 2.04 bits per heavy atom. The molecular weight excluding hydrogens is 393 g/mol. The van der Waals surface area contributed by atoms with E-state index in [0.717, 1.165) is 4.68 Å². The van der Waals surface area contributed by atoms with Crippen LogP contribution in [0.15, 0.2) is 16.9 Å². The molecule has 3 heterocycles. The summed E-state index contributed by atoms with van der Waals surface area (Å²) in [5.41, 5.74) is 0.254. The summed E-state index contributed by atoms with van der Waals surface area (Å²) in [7, 11) is 0. The second kappa shape index (κ2) is 6.32. The molecule has 0 aromatic carbocycles. The molecule has 0 bridgehead atoms. The molecule has 1 N–H and O–H groups in total. The standard InChI is InChI=1S/C14H14BrF3N4O2/c15-12-9-6-19-10(13(24)21-3-1-8(23)2-4-21)5-11(9)22(20-12)7-14(16,17)18/h5-6,8,23H,1-4,7H2. The minimum Gasteiger partial charge on any atom is -0.393 e. The number of alkyl halides is 3. The molecule has 2 aromatic rings. The quantitative estimate of drug-likeness (QED) is 0.830. The van der Waals surface area contributed by atoms with Crippen molar-refractivity contribution in [3.8, 4) is 0 Å². The maximum Gasteiger partial charge on any atom is 0.408 e. The van der Waals surface area contributed by atoms with Gasteiger partial charge in [0.25, 0.3) is 5.91 Å². The van der Waals surface area contributed by atoms with Gasteiger partial charge in [-0.2, -0.15) is 18.3 Å². The van der Waals surface area contributed by atoms with Gasteiger partial charge < -0.3 is 10.0 Å². The van der Waals surface area contributed by atoms with E-state index in [2.05, 4.69) is 26.0 Å². The van der Waals surface area contributed by atoms with Crippen molar-refractivity contribution in [2.75, 3.05) is 13.1 Å². The Labute approximate surface area is 143 Å². The Bertz CT molecular complexity index is 769. The van der Waals surface area contributed by atoms with Crippen LogP contribution in [0.25, 0.3) is 10.9 Å². The lowest BCUT2D eigenvalue weighted by atomic mass is 10.1. The smallest absolute Gasteiger partial charge is 0.393 e. The van der Waals surface area contributed by atoms with Crippen molar-refractivity contribution in [1.82, 2.24) is 19.7 Å². The number of halogens is 4. The normalized spacial score (nSPS) is 16.8. The lowest BCUT2D eigenvalue weighted by Gasteiger charge is -2.29. The van der Waals surface area contributed by atoms with Crippen LogP contribution in [0.4, 0.5) is 13.2 Å². The van der Waals surface area contributed by atoms with E-state index in [1.807, 2.05) is 0 Å². The second-order valence-corrected chi connectivity index (χ2v) is 6.42. The average molecular weight is 407 g/mol. The minimum absolute atomic E-state index is 0.0646. The third kappa shape index (κ3) is 3.54. The van der Waals surface area contributed by atoms with Gasteiger partial charge in [-0.1, -0.05) is 0 Å². The summed E-state index contributed by atoms with van der Waals surface area (Å²) >= 11 is 3.11. The molecule has 3 rings (SSSR count). The molecule has 0 atom stereocenters. The number of hydrogen-bond donors (Lipinski definition) is 1. The first-order valence-corrected chi connectivity index (χ1v) is 8.10. The third-order valence-electron chi connectivity index (χ3n) is 3.89. The Balaban J connectivity index is 1.92. The maximum absolute atomic E-state index is 12.7. The molecule has 130 valence electrons. The van der Waals surface area contributed by atoms with Crippen LogP contribution in [0.5, 0.6) is 0 Å². The van der Waals surface area contributed by atoms with E-state index in [9.17, 15) is 23.1 Å². The molecule has 1 fully saturated rings. The number of pyridine rings is 1. The van der Waals surface area contributed by atoms with E-state index < -0.39 is 18.8 Å². The predicted molar refractivity (Wildman–Crippen MR) is 82.4 cm³/mol. The molecule has 2 aromatic heterocycles. The fourth-order valence-electron chi connectivity index (χ4n) is 2.67. The number of nitrogens with zero attached hydrogens (tertiary/aromatic N) is 4. The van der Waals surface area contributed by atoms with Crippen LogP contribution in [0.1, 0.15) is 23.3 Å². The number of carbonyl (C=O) groups excluding carboxylic acids is 1. The van der Waals surface area contributed by atoms with E-state index in [1.165, 1.54) is 12.3 Å². The average Bonchev–Trinajstić information content (AvgIpc) is 2.81. The van der Waals surface area contributed by atoms with E-state index >= 15 is 0 Å². The molecule has 6 nitrogen and oxygen atoms in total. The molecule has 1 aliphatic heterocycles. The van der Waals surface area contributed by atoms with Gasteiger partial charge in [-0.05, 0) is 34.8 Å². The number of fused-ring (bicyclic) bond motifs is 1. The highest BCUT2D eigenvalue weighted by Gasteiger charge is 2.30. The van der Waals surface area contributed by atoms with Crippen molar-refractivity contribution in [3.05, 3.63) is 22.6 Å². The SMILES string of the molecule is O=C(c1cc2c(cn1)c(Br)nn2CC(F)(F)F)N1CCC(O)CC1. The number of likely N-dealkylation sites (tertiary alicyclic amines) is 1. The van der Waals surface area contributed by atoms with Crippen LogP contribution in [-0.4, -0.2) is 56.0 Å². The van der Waals surface area contributed by atoms with Crippen molar-refractivity contribution in [1.29, 1.82) is 0 Å². The Morgan fingerprint density at radius 3 is 2.67 bits per heavy atom. The molecule has 1 saturated heterocycles. The third-order valence-corrected chi connectivity index (χ3v) is 4.48. The Kier molecular flexibility index (Phi) is 4.52. The summed E-state index contributed by atoms with van der Waals surface area (Å²) in [5.74, 6) is -0.361. The van der Waals surface area contributed by atoms with Crippen LogP contribution in [0.3, 0.4) is 0 Å². The Morgan fingerprint density at radius 1 is 1.38 bits per heavy atom. The molecule has 1 aliphatic rings. The van der Waals surface area contributed by atoms with Gasteiger partial charge in [0.2, 0.25) is 0 Å². The van der Waals surface area contributed by atoms with Gasteiger partial charge in [-0.15, -0.1) is 0 Å². The van der Waals surface area contributed by atoms with Crippen LogP contribution in [0, 0.1) is 0 Å². The molecule has 10 heteroatoms. The van der Waals surface area contributed by atoms with Gasteiger partial charge in [0.05, 0.1) is 17.0 Å². The number of aromatic nitrogens is 3. The summed E-state index contributed by atoms with van der Waals surface area (Å²) in [6.45, 7) is -0.459. The van der Waals surface area contributed by atoms with Crippen LogP contribution < -0.4 is 0 Å². The number of aliphatic hydroxyl groups excluding tert-OH is 1. The zero-order valence-corrected chi connectivity index (χ0v) is 14.0. The summed E-state index contributed by atoms with van der Waals surface area (Å²) < 4.78 is 39.1. The molecule has 1 amide bonds. The van der Waals surface area contributed by atoms with E-state index in [0.29, 0.717) is 31.3 Å². The van der Waals surface area contributed by atoms with Gasteiger partial charge in [0.15, 0.2) is 0 Å². The van der Waals surface area contributed by atoms with Crippen molar-refractivity contribution >= 4 is 32.7 Å². The highest BCUT2D eigenvalue weighted by atomic mass is 79.9. The molecular formula is C14H14BrF3N4O2. The number of carbonyl (C=O) groups is 1. The first-order chi connectivity index (χ1) is 11.2. The molecule has 0 radical (unpaired) electrons. The Hall–Kier alpha value is -1.68. The summed E-state index contributed by atoms with van der Waals surface area (Å²) in [6.07, 6.45) is -2.55. The zero-order valence-electron chi connectivity index (χ0n) is 12.4. The van der Waals surface area contributed by atoms with E-state index in [4.69, 9.17) is 0 Å². The number of rotatable bonds is 2. The van der Waals surface area contributed by atoms with Gasteiger partial charge >= 0.3 is 6.18 Å². The lowest BCUT2D eigenvalue weighted by molar-refractivity contribution is -0.141. The summed E-state index contributed by atoms with van der Waals surface area (Å²) in [5, 5.41) is 13.7. The number of hydrogen-bond acceptors (Lipinski definition) is 4. The summed E-state index contributed by atoms with van der Waals surface area (Å²) in [4.78, 5) is 18.1. The van der Waals surface area contributed by atoms with Gasteiger partial charge in [-0.25, -0.2) is 0 Å². The van der Waals surface area contributed by atoms with E-state index in [-0.39, 0.29) is 21.7 Å². The first kappa shape index (κ1) is 17.2. The monoisotopic (exact) mass is 406 g/mol. The molecule has 24 heavy (non-hydrogen) atoms. The van der Waals surface area contributed by atoms with Crippen molar-refractivity contribution in [3.63, 3.8) is 0 Å².